The van der Waals surface area contributed by atoms with E-state index >= 15 is 0 Å². The van der Waals surface area contributed by atoms with Gasteiger partial charge in [-0.3, -0.25) is 4.90 Å². The molecule has 0 aromatic rings. The average Bonchev–Trinajstić information content (AvgIpc) is 2.75. The van der Waals surface area contributed by atoms with Crippen LogP contribution in [0, 0.1) is 0 Å². The fourth-order valence-electron chi connectivity index (χ4n) is 2.49. The van der Waals surface area contributed by atoms with E-state index in [0.717, 1.165) is 12.8 Å². The zero-order valence-electron chi connectivity index (χ0n) is 8.66. The molecule has 1 unspecified atom stereocenters. The van der Waals surface area contributed by atoms with Gasteiger partial charge in [-0.2, -0.15) is 0 Å². The van der Waals surface area contributed by atoms with Crippen molar-refractivity contribution in [1.29, 1.82) is 0 Å². The van der Waals surface area contributed by atoms with Crippen LogP contribution in [0.2, 0.25) is 0 Å². The first-order valence-electron chi connectivity index (χ1n) is 5.33. The SMILES string of the molecule is CC1(CN)COC(=O)N1C1CCCC1. The number of hydrogen-bond acceptors (Lipinski definition) is 3. The lowest BCUT2D eigenvalue weighted by atomic mass is 10.00. The van der Waals surface area contributed by atoms with Crippen molar-refractivity contribution >= 4 is 6.09 Å². The van der Waals surface area contributed by atoms with E-state index in [1.807, 2.05) is 11.8 Å². The van der Waals surface area contributed by atoms with Crippen molar-refractivity contribution < 1.29 is 9.53 Å². The Morgan fingerprint density at radius 1 is 1.57 bits per heavy atom. The molecule has 2 aliphatic rings. The standard InChI is InChI=1S/C10H18N2O2/c1-10(6-11)7-14-9(13)12(10)8-4-2-3-5-8/h8H,2-7,11H2,1H3. The Balaban J connectivity index is 2.16. The third-order valence-electron chi connectivity index (χ3n) is 3.41. The van der Waals surface area contributed by atoms with Crippen LogP contribution in [-0.4, -0.2) is 35.7 Å². The zero-order valence-corrected chi connectivity index (χ0v) is 8.66. The fraction of sp³-hybridized carbons (Fsp3) is 0.900. The van der Waals surface area contributed by atoms with Crippen LogP contribution in [0.25, 0.3) is 0 Å². The second-order valence-corrected chi connectivity index (χ2v) is 4.56. The maximum Gasteiger partial charge on any atom is 0.410 e. The summed E-state index contributed by atoms with van der Waals surface area (Å²) in [6, 6.07) is 0.360. The average molecular weight is 198 g/mol. The minimum atomic E-state index is -0.272. The highest BCUT2D eigenvalue weighted by Crippen LogP contribution is 2.33. The molecule has 0 bridgehead atoms. The van der Waals surface area contributed by atoms with E-state index in [2.05, 4.69) is 0 Å². The number of cyclic esters (lactones) is 1. The molecule has 1 amide bonds. The minimum absolute atomic E-state index is 0.176. The van der Waals surface area contributed by atoms with Crippen LogP contribution >= 0.6 is 0 Å². The van der Waals surface area contributed by atoms with E-state index in [9.17, 15) is 4.79 Å². The first-order valence-corrected chi connectivity index (χ1v) is 5.33. The smallest absolute Gasteiger partial charge is 0.410 e. The van der Waals surface area contributed by atoms with Gasteiger partial charge in [-0.15, -0.1) is 0 Å². The van der Waals surface area contributed by atoms with Crippen molar-refractivity contribution in [1.82, 2.24) is 4.90 Å². The van der Waals surface area contributed by atoms with Crippen LogP contribution in [0.15, 0.2) is 0 Å². The lowest BCUT2D eigenvalue weighted by Gasteiger charge is -2.35. The summed E-state index contributed by atoms with van der Waals surface area (Å²) in [5, 5.41) is 0. The van der Waals surface area contributed by atoms with Crippen molar-refractivity contribution in [3.05, 3.63) is 0 Å². The van der Waals surface area contributed by atoms with Crippen molar-refractivity contribution in [3.63, 3.8) is 0 Å². The summed E-state index contributed by atoms with van der Waals surface area (Å²) in [6.07, 6.45) is 4.46. The van der Waals surface area contributed by atoms with Crippen molar-refractivity contribution in [2.24, 2.45) is 5.73 Å². The van der Waals surface area contributed by atoms with E-state index in [-0.39, 0.29) is 11.6 Å². The number of carbonyl (C=O) groups excluding carboxylic acids is 1. The maximum atomic E-state index is 11.6. The van der Waals surface area contributed by atoms with E-state index in [1.54, 1.807) is 0 Å². The number of carbonyl (C=O) groups is 1. The molecule has 1 atom stereocenters. The molecule has 0 aromatic heterocycles. The predicted octanol–water partition coefficient (Wildman–Crippen LogP) is 1.10. The van der Waals surface area contributed by atoms with Gasteiger partial charge < -0.3 is 10.5 Å². The molecule has 4 nitrogen and oxygen atoms in total. The molecular formula is C10H18N2O2. The summed E-state index contributed by atoms with van der Waals surface area (Å²) in [5.41, 5.74) is 5.44. The molecular weight excluding hydrogens is 180 g/mol. The van der Waals surface area contributed by atoms with Gasteiger partial charge in [0.2, 0.25) is 0 Å². The first-order chi connectivity index (χ1) is 6.67. The quantitative estimate of drug-likeness (QED) is 0.722. The Bertz CT molecular complexity index is 238. The van der Waals surface area contributed by atoms with Crippen LogP contribution in [0.1, 0.15) is 32.6 Å². The molecule has 4 heteroatoms. The van der Waals surface area contributed by atoms with E-state index < -0.39 is 0 Å². The van der Waals surface area contributed by atoms with Gasteiger partial charge in [0.15, 0.2) is 0 Å². The second-order valence-electron chi connectivity index (χ2n) is 4.56. The molecule has 1 aliphatic carbocycles. The number of hydrogen-bond donors (Lipinski definition) is 1. The lowest BCUT2D eigenvalue weighted by molar-refractivity contribution is 0.128. The van der Waals surface area contributed by atoms with Crippen LogP contribution < -0.4 is 5.73 Å². The second kappa shape index (κ2) is 3.42. The monoisotopic (exact) mass is 198 g/mol. The van der Waals surface area contributed by atoms with Gasteiger partial charge in [0, 0.05) is 12.6 Å². The maximum absolute atomic E-state index is 11.6. The molecule has 80 valence electrons. The Labute approximate surface area is 84.4 Å². The van der Waals surface area contributed by atoms with Crippen LogP contribution in [0.5, 0.6) is 0 Å². The van der Waals surface area contributed by atoms with Crippen molar-refractivity contribution in [2.45, 2.75) is 44.2 Å². The number of ether oxygens (including phenoxy) is 1. The Kier molecular flexibility index (Phi) is 2.39. The normalized spacial score (nSPS) is 33.9. The Hall–Kier alpha value is -0.770. The molecule has 0 spiro atoms. The highest BCUT2D eigenvalue weighted by Gasteiger charge is 2.46. The van der Waals surface area contributed by atoms with Gasteiger partial charge in [-0.25, -0.2) is 4.79 Å². The number of amides is 1. The molecule has 0 aromatic carbocycles. The van der Waals surface area contributed by atoms with Gasteiger partial charge in [0.05, 0.1) is 5.54 Å². The molecule has 0 radical (unpaired) electrons. The van der Waals surface area contributed by atoms with Crippen LogP contribution in [0.4, 0.5) is 4.79 Å². The van der Waals surface area contributed by atoms with Gasteiger partial charge in [-0.05, 0) is 19.8 Å². The first kappa shape index (κ1) is 9.77. The van der Waals surface area contributed by atoms with Gasteiger partial charge in [-0.1, -0.05) is 12.8 Å². The minimum Gasteiger partial charge on any atom is -0.447 e. The zero-order chi connectivity index (χ0) is 10.2. The summed E-state index contributed by atoms with van der Waals surface area (Å²) in [4.78, 5) is 13.5. The number of nitrogens with zero attached hydrogens (tertiary/aromatic N) is 1. The molecule has 1 heterocycles. The Morgan fingerprint density at radius 2 is 2.21 bits per heavy atom. The third kappa shape index (κ3) is 1.38. The molecule has 2 rings (SSSR count). The summed E-state index contributed by atoms with van der Waals surface area (Å²) < 4.78 is 5.09. The van der Waals surface area contributed by atoms with Gasteiger partial charge >= 0.3 is 6.09 Å². The van der Waals surface area contributed by atoms with Crippen LogP contribution in [-0.2, 0) is 4.74 Å². The number of nitrogens with two attached hydrogens (primary N) is 1. The molecule has 1 saturated carbocycles. The van der Waals surface area contributed by atoms with Crippen molar-refractivity contribution in [3.8, 4) is 0 Å². The highest BCUT2D eigenvalue weighted by atomic mass is 16.6. The van der Waals surface area contributed by atoms with E-state index in [4.69, 9.17) is 10.5 Å². The van der Waals surface area contributed by atoms with Gasteiger partial charge in [0.1, 0.15) is 6.61 Å². The molecule has 2 N–H and O–H groups in total. The molecule has 14 heavy (non-hydrogen) atoms. The van der Waals surface area contributed by atoms with E-state index in [0.29, 0.717) is 19.2 Å². The Morgan fingerprint density at radius 3 is 2.79 bits per heavy atom. The molecule has 2 fully saturated rings. The largest absolute Gasteiger partial charge is 0.447 e. The summed E-state index contributed by atoms with van der Waals surface area (Å²) in [5.74, 6) is 0. The summed E-state index contributed by atoms with van der Waals surface area (Å²) >= 11 is 0. The lowest BCUT2D eigenvalue weighted by Crippen LogP contribution is -2.53. The molecule has 1 aliphatic heterocycles. The van der Waals surface area contributed by atoms with Crippen molar-refractivity contribution in [2.75, 3.05) is 13.2 Å². The van der Waals surface area contributed by atoms with Gasteiger partial charge in [0.25, 0.3) is 0 Å². The van der Waals surface area contributed by atoms with E-state index in [1.165, 1.54) is 12.8 Å². The number of rotatable bonds is 2. The third-order valence-corrected chi connectivity index (χ3v) is 3.41. The fourth-order valence-corrected chi connectivity index (χ4v) is 2.49. The summed E-state index contributed by atoms with van der Waals surface area (Å²) in [6.45, 7) is 2.93. The summed E-state index contributed by atoms with van der Waals surface area (Å²) in [7, 11) is 0. The topological polar surface area (TPSA) is 55.6 Å². The molecule has 1 saturated heterocycles. The predicted molar refractivity (Wildman–Crippen MR) is 52.9 cm³/mol. The highest BCUT2D eigenvalue weighted by molar-refractivity contribution is 5.71. The van der Waals surface area contributed by atoms with Crippen LogP contribution in [0.3, 0.4) is 0 Å².